The second kappa shape index (κ2) is 19.9. The maximum absolute atomic E-state index is 13.2. The van der Waals surface area contributed by atoms with Crippen molar-refractivity contribution in [1.82, 2.24) is 39.2 Å². The van der Waals surface area contributed by atoms with E-state index in [-0.39, 0.29) is 99.5 Å². The molecule has 8 amide bonds. The molecule has 0 aromatic heterocycles. The van der Waals surface area contributed by atoms with Crippen molar-refractivity contribution in [3.05, 3.63) is 59.7 Å². The van der Waals surface area contributed by atoms with Gasteiger partial charge in [0.05, 0.1) is 13.1 Å². The predicted molar refractivity (Wildman–Crippen MR) is 209 cm³/mol. The van der Waals surface area contributed by atoms with E-state index in [1.54, 1.807) is 67.8 Å². The smallest absolute Gasteiger partial charge is 0.320 e. The molecule has 0 aliphatic carbocycles. The van der Waals surface area contributed by atoms with Gasteiger partial charge in [0.25, 0.3) is 0 Å². The van der Waals surface area contributed by atoms with Crippen molar-refractivity contribution in [2.24, 2.45) is 0 Å². The van der Waals surface area contributed by atoms with Crippen molar-refractivity contribution in [3.8, 4) is 0 Å². The Hall–Kier alpha value is -4.96. The van der Waals surface area contributed by atoms with E-state index in [1.807, 2.05) is 24.3 Å². The summed E-state index contributed by atoms with van der Waals surface area (Å²) in [6, 6.07) is 14.4. The Labute approximate surface area is 328 Å². The molecule has 54 heavy (non-hydrogen) atoms. The number of amides is 8. The van der Waals surface area contributed by atoms with Crippen LogP contribution < -0.4 is 11.5 Å². The second-order valence-electron chi connectivity index (χ2n) is 13.6. The molecule has 0 saturated carbocycles. The molecular weight excluding hydrogens is 739 g/mol. The Kier molecular flexibility index (Phi) is 16.0. The Morgan fingerprint density at radius 3 is 1.13 bits per heavy atom. The average Bonchev–Trinajstić information content (AvgIpc) is 3.15. The maximum atomic E-state index is 13.2. The highest BCUT2D eigenvalue weighted by Gasteiger charge is 2.32. The standard InChI is InChI=1S/C36H50N10O6.2ClH/c1-39(23-27-3-7-29(37)8-4-27)35(51)43-19-15-41(16-20-43)33(49)25-45-13-11-32(48)46(14-12-31(45)47)26-34(50)42-17-21-44(22-18-42)36(52)40(2)24-28-5-9-30(38)10-6-28;;/h3-10H,11-26,37-38H2,1-2H3;2*1H. The number of anilines is 2. The first-order valence-electron chi connectivity index (χ1n) is 17.7. The molecule has 18 heteroatoms. The molecule has 3 aliphatic heterocycles. The van der Waals surface area contributed by atoms with Crippen LogP contribution in [0.5, 0.6) is 0 Å². The zero-order valence-corrected chi connectivity index (χ0v) is 32.6. The van der Waals surface area contributed by atoms with Crippen molar-refractivity contribution < 1.29 is 28.8 Å². The molecule has 0 radical (unpaired) electrons. The van der Waals surface area contributed by atoms with Crippen molar-refractivity contribution in [1.29, 1.82) is 0 Å². The molecule has 3 aliphatic rings. The van der Waals surface area contributed by atoms with E-state index in [0.29, 0.717) is 76.8 Å². The first-order chi connectivity index (χ1) is 24.9. The van der Waals surface area contributed by atoms with E-state index in [4.69, 9.17) is 11.5 Å². The van der Waals surface area contributed by atoms with Crippen LogP contribution in [0.1, 0.15) is 24.0 Å². The number of hydrogen-bond donors (Lipinski definition) is 2. The van der Waals surface area contributed by atoms with Gasteiger partial charge in [0, 0.05) is 117 Å². The predicted octanol–water partition coefficient (Wildman–Crippen LogP) is 1.24. The van der Waals surface area contributed by atoms with Gasteiger partial charge in [-0.05, 0) is 35.4 Å². The molecule has 4 N–H and O–H groups in total. The van der Waals surface area contributed by atoms with Crippen LogP contribution in [0.3, 0.4) is 0 Å². The monoisotopic (exact) mass is 790 g/mol. The SMILES string of the molecule is CN(Cc1ccc(N)cc1)C(=O)N1CCN(C(=O)CN2CCC(=O)N(CC(=O)N3CCN(C(=O)N(C)Cc4ccc(N)cc4)CC3)CCC2=O)CC1.Cl.Cl. The average molecular weight is 792 g/mol. The third-order valence-corrected chi connectivity index (χ3v) is 9.81. The lowest BCUT2D eigenvalue weighted by atomic mass is 10.2. The number of rotatable bonds is 8. The molecule has 3 heterocycles. The van der Waals surface area contributed by atoms with Crippen LogP contribution in [0, 0.1) is 0 Å². The van der Waals surface area contributed by atoms with E-state index in [9.17, 15) is 28.8 Å². The largest absolute Gasteiger partial charge is 0.399 e. The van der Waals surface area contributed by atoms with Crippen molar-refractivity contribution in [2.75, 3.05) is 104 Å². The minimum absolute atomic E-state index is 0. The summed E-state index contributed by atoms with van der Waals surface area (Å²) in [5.74, 6) is -0.979. The highest BCUT2D eigenvalue weighted by molar-refractivity contribution is 5.89. The fourth-order valence-electron chi connectivity index (χ4n) is 6.59. The summed E-state index contributed by atoms with van der Waals surface area (Å²) >= 11 is 0. The molecular formula is C36H52Cl2N10O6. The number of nitrogens with zero attached hydrogens (tertiary/aromatic N) is 8. The molecule has 2 aromatic rings. The third kappa shape index (κ3) is 11.5. The first-order valence-corrected chi connectivity index (χ1v) is 17.7. The van der Waals surface area contributed by atoms with Gasteiger partial charge in [-0.15, -0.1) is 24.8 Å². The molecule has 3 saturated heterocycles. The van der Waals surface area contributed by atoms with Gasteiger partial charge in [-0.25, -0.2) is 9.59 Å². The van der Waals surface area contributed by atoms with Gasteiger partial charge in [-0.1, -0.05) is 24.3 Å². The van der Waals surface area contributed by atoms with Crippen LogP contribution >= 0.6 is 24.8 Å². The van der Waals surface area contributed by atoms with Gasteiger partial charge in [0.1, 0.15) is 0 Å². The summed E-state index contributed by atoms with van der Waals surface area (Å²) in [5.41, 5.74) is 14.7. The summed E-state index contributed by atoms with van der Waals surface area (Å²) in [6.45, 7) is 3.62. The number of hydrogen-bond acceptors (Lipinski definition) is 8. The zero-order valence-electron chi connectivity index (χ0n) is 30.9. The number of carbonyl (C=O) groups excluding carboxylic acids is 6. The quantitative estimate of drug-likeness (QED) is 0.375. The van der Waals surface area contributed by atoms with Gasteiger partial charge < -0.3 is 50.7 Å². The van der Waals surface area contributed by atoms with E-state index >= 15 is 0 Å². The number of benzene rings is 2. The van der Waals surface area contributed by atoms with Crippen molar-refractivity contribution in [2.45, 2.75) is 25.9 Å². The molecule has 16 nitrogen and oxygen atoms in total. The van der Waals surface area contributed by atoms with E-state index < -0.39 is 0 Å². The molecule has 0 unspecified atom stereocenters. The fraction of sp³-hybridized carbons (Fsp3) is 0.500. The maximum Gasteiger partial charge on any atom is 0.320 e. The number of halogens is 2. The minimum Gasteiger partial charge on any atom is -0.399 e. The van der Waals surface area contributed by atoms with Crippen LogP contribution in [0.4, 0.5) is 21.0 Å². The number of carbonyl (C=O) groups is 6. The Bertz CT molecular complexity index is 1500. The first kappa shape index (κ1) is 43.4. The number of nitrogen functional groups attached to an aromatic ring is 2. The van der Waals surface area contributed by atoms with E-state index in [1.165, 1.54) is 9.80 Å². The normalized spacial score (nSPS) is 16.5. The van der Waals surface area contributed by atoms with E-state index in [2.05, 4.69) is 0 Å². The summed E-state index contributed by atoms with van der Waals surface area (Å²) < 4.78 is 0. The number of piperazine rings is 2. The lowest BCUT2D eigenvalue weighted by Gasteiger charge is -2.38. The van der Waals surface area contributed by atoms with Gasteiger partial charge in [0.2, 0.25) is 23.6 Å². The Morgan fingerprint density at radius 1 is 0.519 bits per heavy atom. The topological polar surface area (TPSA) is 180 Å². The summed E-state index contributed by atoms with van der Waals surface area (Å²) in [7, 11) is 3.47. The van der Waals surface area contributed by atoms with Gasteiger partial charge in [0.15, 0.2) is 0 Å². The highest BCUT2D eigenvalue weighted by Crippen LogP contribution is 2.15. The summed E-state index contributed by atoms with van der Waals surface area (Å²) in [5, 5.41) is 0. The Morgan fingerprint density at radius 2 is 0.815 bits per heavy atom. The highest BCUT2D eigenvalue weighted by atomic mass is 35.5. The number of nitrogens with two attached hydrogens (primary N) is 2. The van der Waals surface area contributed by atoms with Crippen molar-refractivity contribution >= 4 is 71.9 Å². The third-order valence-electron chi connectivity index (χ3n) is 9.81. The van der Waals surface area contributed by atoms with Gasteiger partial charge >= 0.3 is 12.1 Å². The zero-order chi connectivity index (χ0) is 37.4. The minimum atomic E-state index is -0.258. The molecule has 296 valence electrons. The van der Waals surface area contributed by atoms with E-state index in [0.717, 1.165) is 11.1 Å². The lowest BCUT2D eigenvalue weighted by molar-refractivity contribution is -0.147. The number of urea groups is 2. The molecule has 5 rings (SSSR count). The molecule has 2 aromatic carbocycles. The molecule has 0 atom stereocenters. The van der Waals surface area contributed by atoms with Crippen LogP contribution in [0.15, 0.2) is 48.5 Å². The Balaban J connectivity index is 0.00000392. The van der Waals surface area contributed by atoms with Crippen LogP contribution in [-0.4, -0.2) is 168 Å². The van der Waals surface area contributed by atoms with Gasteiger partial charge in [-0.3, -0.25) is 19.2 Å². The van der Waals surface area contributed by atoms with Crippen molar-refractivity contribution in [3.63, 3.8) is 0 Å². The molecule has 0 bridgehead atoms. The lowest BCUT2D eigenvalue weighted by Crippen LogP contribution is -2.56. The molecule has 0 spiro atoms. The second-order valence-corrected chi connectivity index (χ2v) is 13.6. The van der Waals surface area contributed by atoms with Gasteiger partial charge in [-0.2, -0.15) is 0 Å². The summed E-state index contributed by atoms with van der Waals surface area (Å²) in [4.78, 5) is 91.4. The fourth-order valence-corrected chi connectivity index (χ4v) is 6.59. The summed E-state index contributed by atoms with van der Waals surface area (Å²) in [6.07, 6.45) is -0.00488. The van der Waals surface area contributed by atoms with Crippen LogP contribution in [-0.2, 0) is 32.3 Å². The van der Waals surface area contributed by atoms with Crippen LogP contribution in [0.2, 0.25) is 0 Å². The van der Waals surface area contributed by atoms with Crippen LogP contribution in [0.25, 0.3) is 0 Å². The molecule has 3 fully saturated rings.